The lowest BCUT2D eigenvalue weighted by Gasteiger charge is -2.21. The van der Waals surface area contributed by atoms with E-state index in [0.717, 1.165) is 43.9 Å². The van der Waals surface area contributed by atoms with Gasteiger partial charge in [0.2, 0.25) is 0 Å². The predicted octanol–water partition coefficient (Wildman–Crippen LogP) is 1.94. The topological polar surface area (TPSA) is 87.2 Å². The van der Waals surface area contributed by atoms with E-state index < -0.39 is 0 Å². The van der Waals surface area contributed by atoms with Crippen molar-refractivity contribution < 1.29 is 9.53 Å². The Morgan fingerprint density at radius 2 is 1.84 bits per heavy atom. The van der Waals surface area contributed by atoms with Crippen LogP contribution in [0, 0.1) is 5.92 Å². The number of fused-ring (bicyclic) bond motifs is 3. The van der Waals surface area contributed by atoms with Crippen molar-refractivity contribution in [1.29, 1.82) is 0 Å². The maximum atomic E-state index is 12.9. The van der Waals surface area contributed by atoms with Gasteiger partial charge in [-0.05, 0) is 55.9 Å². The number of carbonyl (C=O) groups excluding carboxylic acids is 1. The summed E-state index contributed by atoms with van der Waals surface area (Å²) in [4.78, 5) is 32.1. The molecule has 1 aromatic carbocycles. The van der Waals surface area contributed by atoms with Crippen molar-refractivity contribution in [3.05, 3.63) is 46.4 Å². The molecule has 3 aliphatic rings. The lowest BCUT2D eigenvalue weighted by molar-refractivity contribution is 0.0777. The summed E-state index contributed by atoms with van der Waals surface area (Å²) < 4.78 is 10.7. The van der Waals surface area contributed by atoms with Crippen LogP contribution < -0.4 is 10.3 Å². The van der Waals surface area contributed by atoms with Crippen LogP contribution in [-0.2, 0) is 13.1 Å². The molecule has 9 nitrogen and oxygen atoms in total. The first-order valence-electron chi connectivity index (χ1n) is 11.0. The van der Waals surface area contributed by atoms with E-state index in [2.05, 4.69) is 10.1 Å². The summed E-state index contributed by atoms with van der Waals surface area (Å²) in [5, 5.41) is 4.60. The Morgan fingerprint density at radius 1 is 1.06 bits per heavy atom. The number of aromatic nitrogens is 5. The summed E-state index contributed by atoms with van der Waals surface area (Å²) in [6, 6.07) is 9.16. The number of benzene rings is 1. The molecule has 1 aliphatic carbocycles. The number of hydrogen-bond acceptors (Lipinski definition) is 5. The van der Waals surface area contributed by atoms with Gasteiger partial charge < -0.3 is 9.64 Å². The normalized spacial score (nSPS) is 17.5. The van der Waals surface area contributed by atoms with E-state index in [0.29, 0.717) is 36.5 Å². The van der Waals surface area contributed by atoms with Gasteiger partial charge >= 0.3 is 0 Å². The highest BCUT2D eigenvalue weighted by molar-refractivity contribution is 5.92. The van der Waals surface area contributed by atoms with Gasteiger partial charge in [0.25, 0.3) is 17.4 Å². The zero-order valence-electron chi connectivity index (χ0n) is 17.2. The average Bonchev–Trinajstić information content (AvgIpc) is 3.17. The monoisotopic (exact) mass is 420 g/mol. The van der Waals surface area contributed by atoms with E-state index in [-0.39, 0.29) is 11.5 Å². The number of amides is 1. The average molecular weight is 420 g/mol. The number of rotatable bonds is 5. The molecule has 0 unspecified atom stereocenters. The van der Waals surface area contributed by atoms with Crippen LogP contribution in [0.5, 0.6) is 5.75 Å². The lowest BCUT2D eigenvalue weighted by Crippen LogP contribution is -2.35. The molecule has 3 aromatic rings. The van der Waals surface area contributed by atoms with Crippen LogP contribution in [0.1, 0.15) is 36.2 Å². The second-order valence-electron chi connectivity index (χ2n) is 8.54. The third kappa shape index (κ3) is 3.24. The maximum absolute atomic E-state index is 12.9. The fourth-order valence-electron chi connectivity index (χ4n) is 4.31. The Balaban J connectivity index is 1.30. The van der Waals surface area contributed by atoms with Gasteiger partial charge in [-0.25, -0.2) is 4.68 Å². The van der Waals surface area contributed by atoms with Crippen molar-refractivity contribution in [3.63, 3.8) is 0 Å². The Bertz CT molecular complexity index is 1200. The van der Waals surface area contributed by atoms with Gasteiger partial charge in [-0.3, -0.25) is 14.3 Å². The number of carbonyl (C=O) groups is 1. The van der Waals surface area contributed by atoms with Gasteiger partial charge in [0.15, 0.2) is 5.82 Å². The standard InChI is InChI=1S/C22H24N6O3/c29-19-13-18(21(30)25-9-1-2-10-25)27-12-11-26-22(28(19)27)23-20(24-26)16-5-7-17(8-6-16)31-14-15-3-4-15/h5-8,13,15H,1-4,9-12,14H2. The third-order valence-corrected chi connectivity index (χ3v) is 6.26. The zero-order valence-corrected chi connectivity index (χ0v) is 17.2. The number of nitrogens with zero attached hydrogens (tertiary/aromatic N) is 6. The van der Waals surface area contributed by atoms with Gasteiger partial charge in [0.05, 0.1) is 19.7 Å². The molecule has 9 heteroatoms. The van der Waals surface area contributed by atoms with Crippen LogP contribution in [0.3, 0.4) is 0 Å². The predicted molar refractivity (Wildman–Crippen MR) is 112 cm³/mol. The summed E-state index contributed by atoms with van der Waals surface area (Å²) in [6.45, 7) is 3.33. The minimum atomic E-state index is -0.258. The van der Waals surface area contributed by atoms with Crippen molar-refractivity contribution in [2.24, 2.45) is 5.92 Å². The van der Waals surface area contributed by atoms with Gasteiger partial charge in [-0.1, -0.05) is 0 Å². The summed E-state index contributed by atoms with van der Waals surface area (Å²) in [6.07, 6.45) is 4.54. The smallest absolute Gasteiger partial charge is 0.274 e. The van der Waals surface area contributed by atoms with E-state index in [1.807, 2.05) is 29.2 Å². The molecule has 2 aromatic heterocycles. The van der Waals surface area contributed by atoms with E-state index >= 15 is 0 Å². The first-order valence-corrected chi connectivity index (χ1v) is 11.0. The third-order valence-electron chi connectivity index (χ3n) is 6.26. The van der Waals surface area contributed by atoms with E-state index in [4.69, 9.17) is 4.74 Å². The van der Waals surface area contributed by atoms with E-state index in [9.17, 15) is 9.59 Å². The molecule has 0 spiro atoms. The molecule has 1 saturated heterocycles. The Hall–Kier alpha value is -3.36. The fourth-order valence-corrected chi connectivity index (χ4v) is 4.31. The summed E-state index contributed by atoms with van der Waals surface area (Å²) in [5.41, 5.74) is 1.03. The maximum Gasteiger partial charge on any atom is 0.274 e. The number of likely N-dealkylation sites (tertiary alicyclic amines) is 1. The summed E-state index contributed by atoms with van der Waals surface area (Å²) in [5.74, 6) is 2.47. The van der Waals surface area contributed by atoms with Gasteiger partial charge in [-0.2, -0.15) is 9.67 Å². The molecular weight excluding hydrogens is 396 g/mol. The number of aryl methyl sites for hydroxylation is 1. The van der Waals surface area contributed by atoms with Gasteiger partial charge in [0, 0.05) is 24.7 Å². The van der Waals surface area contributed by atoms with Gasteiger partial charge in [-0.15, -0.1) is 5.10 Å². The van der Waals surface area contributed by atoms with Crippen LogP contribution in [0.4, 0.5) is 0 Å². The van der Waals surface area contributed by atoms with Crippen LogP contribution in [-0.4, -0.2) is 54.6 Å². The fraction of sp³-hybridized carbons (Fsp3) is 0.455. The SMILES string of the molecule is O=C(c1cc(=O)n2n1CCn1nc(-c3ccc(OCC4CC4)cc3)nc1-2)N1CCCC1. The van der Waals surface area contributed by atoms with E-state index in [1.165, 1.54) is 23.6 Å². The highest BCUT2D eigenvalue weighted by Gasteiger charge is 2.29. The van der Waals surface area contributed by atoms with Gasteiger partial charge in [0.1, 0.15) is 11.4 Å². The van der Waals surface area contributed by atoms with Crippen LogP contribution in [0.15, 0.2) is 35.1 Å². The highest BCUT2D eigenvalue weighted by atomic mass is 16.5. The van der Waals surface area contributed by atoms with Crippen molar-refractivity contribution in [3.8, 4) is 23.1 Å². The van der Waals surface area contributed by atoms with Crippen LogP contribution in [0.25, 0.3) is 17.3 Å². The lowest BCUT2D eigenvalue weighted by atomic mass is 10.2. The second kappa shape index (κ2) is 7.11. The molecule has 1 amide bonds. The molecule has 160 valence electrons. The quantitative estimate of drug-likeness (QED) is 0.630. The van der Waals surface area contributed by atoms with Crippen molar-refractivity contribution in [2.45, 2.75) is 38.8 Å². The van der Waals surface area contributed by atoms with Crippen LogP contribution in [0.2, 0.25) is 0 Å². The van der Waals surface area contributed by atoms with Crippen LogP contribution >= 0.6 is 0 Å². The van der Waals surface area contributed by atoms with Crippen molar-refractivity contribution in [2.75, 3.05) is 19.7 Å². The zero-order chi connectivity index (χ0) is 20.9. The Kier molecular flexibility index (Phi) is 4.22. The largest absolute Gasteiger partial charge is 0.493 e. The molecule has 0 N–H and O–H groups in total. The molecule has 6 rings (SSSR count). The number of hydrogen-bond donors (Lipinski definition) is 0. The van der Waals surface area contributed by atoms with Crippen molar-refractivity contribution >= 4 is 5.91 Å². The first kappa shape index (κ1) is 18.4. The molecule has 2 fully saturated rings. The Labute approximate surface area is 178 Å². The Morgan fingerprint density at radius 3 is 2.58 bits per heavy atom. The minimum absolute atomic E-state index is 0.0803. The molecule has 0 atom stereocenters. The van der Waals surface area contributed by atoms with E-state index in [1.54, 1.807) is 9.36 Å². The first-order chi connectivity index (χ1) is 15.2. The molecule has 31 heavy (non-hydrogen) atoms. The molecule has 2 aliphatic heterocycles. The summed E-state index contributed by atoms with van der Waals surface area (Å²) in [7, 11) is 0. The van der Waals surface area contributed by atoms with Crippen molar-refractivity contribution in [1.82, 2.24) is 29.0 Å². The summed E-state index contributed by atoms with van der Waals surface area (Å²) >= 11 is 0. The molecule has 0 bridgehead atoms. The molecule has 0 radical (unpaired) electrons. The number of ether oxygens (including phenoxy) is 1. The molecule has 1 saturated carbocycles. The second-order valence-corrected chi connectivity index (χ2v) is 8.54. The molecule has 4 heterocycles. The minimum Gasteiger partial charge on any atom is -0.493 e. The highest BCUT2D eigenvalue weighted by Crippen LogP contribution is 2.30. The molecular formula is C22H24N6O3.